The van der Waals surface area contributed by atoms with Gasteiger partial charge in [-0.05, 0) is 37.1 Å². The molecule has 4 heteroatoms. The molecule has 0 amide bonds. The predicted octanol–water partition coefficient (Wildman–Crippen LogP) is 3.95. The Hall–Kier alpha value is -2.46. The van der Waals surface area contributed by atoms with Crippen molar-refractivity contribution < 1.29 is 14.2 Å². The lowest BCUT2D eigenvalue weighted by Gasteiger charge is -2.16. The summed E-state index contributed by atoms with van der Waals surface area (Å²) in [6.45, 7) is 3.84. The first-order valence-electron chi connectivity index (χ1n) is 8.40. The fourth-order valence-corrected chi connectivity index (χ4v) is 2.75. The number of hydrogen-bond acceptors (Lipinski definition) is 4. The number of ether oxygens (including phenoxy) is 3. The highest BCUT2D eigenvalue weighted by Crippen LogP contribution is 2.39. The fourth-order valence-electron chi connectivity index (χ4n) is 2.75. The zero-order valence-corrected chi connectivity index (χ0v) is 15.5. The third-order valence-electron chi connectivity index (χ3n) is 3.97. The molecular weight excluding hydrogens is 314 g/mol. The molecule has 0 atom stereocenters. The van der Waals surface area contributed by atoms with Crippen LogP contribution in [0.5, 0.6) is 17.2 Å². The first kappa shape index (κ1) is 18.9. The summed E-state index contributed by atoms with van der Waals surface area (Å²) in [7, 11) is 4.90. The number of nitrogens with one attached hydrogen (secondary N) is 1. The molecule has 0 spiro atoms. The van der Waals surface area contributed by atoms with Gasteiger partial charge in [0.05, 0.1) is 21.3 Å². The molecule has 4 nitrogen and oxygen atoms in total. The second-order valence-electron chi connectivity index (χ2n) is 5.82. The lowest BCUT2D eigenvalue weighted by atomic mass is 10.1. The molecule has 25 heavy (non-hydrogen) atoms. The highest BCUT2D eigenvalue weighted by Gasteiger charge is 2.15. The molecule has 0 fully saturated rings. The smallest absolute Gasteiger partial charge is 0.203 e. The lowest BCUT2D eigenvalue weighted by Crippen LogP contribution is -2.19. The van der Waals surface area contributed by atoms with E-state index in [1.807, 2.05) is 18.2 Å². The third kappa shape index (κ3) is 5.26. The Kier molecular flexibility index (Phi) is 7.36. The van der Waals surface area contributed by atoms with Crippen LogP contribution in [0.15, 0.2) is 48.0 Å². The van der Waals surface area contributed by atoms with Gasteiger partial charge in [0.1, 0.15) is 0 Å². The van der Waals surface area contributed by atoms with E-state index in [2.05, 4.69) is 42.6 Å². The van der Waals surface area contributed by atoms with E-state index in [9.17, 15) is 0 Å². The van der Waals surface area contributed by atoms with Crippen LogP contribution in [0.2, 0.25) is 0 Å². The first-order valence-corrected chi connectivity index (χ1v) is 8.40. The van der Waals surface area contributed by atoms with Gasteiger partial charge in [-0.25, -0.2) is 0 Å². The Morgan fingerprint density at radius 3 is 2.28 bits per heavy atom. The van der Waals surface area contributed by atoms with Gasteiger partial charge in [-0.3, -0.25) is 0 Å². The second kappa shape index (κ2) is 9.74. The summed E-state index contributed by atoms with van der Waals surface area (Å²) in [6, 6.07) is 14.3. The summed E-state index contributed by atoms with van der Waals surface area (Å²) in [5, 5.41) is 3.48. The minimum absolute atomic E-state index is 0.641. The molecule has 0 unspecified atom stereocenters. The number of hydrogen-bond donors (Lipinski definition) is 1. The molecular formula is C21H27NO3. The minimum atomic E-state index is 0.641. The average molecular weight is 341 g/mol. The molecule has 0 radical (unpaired) electrons. The van der Waals surface area contributed by atoms with Gasteiger partial charge < -0.3 is 19.5 Å². The summed E-state index contributed by atoms with van der Waals surface area (Å²) in [5.41, 5.74) is 3.62. The Balaban J connectivity index is 1.92. The van der Waals surface area contributed by atoms with Crippen molar-refractivity contribution in [3.05, 3.63) is 59.2 Å². The topological polar surface area (TPSA) is 39.7 Å². The summed E-state index contributed by atoms with van der Waals surface area (Å²) in [5.74, 6) is 2.06. The standard InChI is InChI=1S/C21H27NO3/c1-16(14-17-8-6-5-7-9-17)15-22-13-12-18-10-11-19(23-2)21(25-4)20(18)24-3/h5-11,14,22H,12-13,15H2,1-4H3/b16-14+. The molecule has 2 aromatic rings. The highest BCUT2D eigenvalue weighted by atomic mass is 16.5. The maximum Gasteiger partial charge on any atom is 0.203 e. The van der Waals surface area contributed by atoms with E-state index in [4.69, 9.17) is 14.2 Å². The van der Waals surface area contributed by atoms with E-state index >= 15 is 0 Å². The van der Waals surface area contributed by atoms with Gasteiger partial charge in [0.15, 0.2) is 11.5 Å². The monoisotopic (exact) mass is 341 g/mol. The van der Waals surface area contributed by atoms with Gasteiger partial charge >= 0.3 is 0 Å². The van der Waals surface area contributed by atoms with Crippen LogP contribution in [-0.4, -0.2) is 34.4 Å². The molecule has 2 rings (SSSR count). The first-order chi connectivity index (χ1) is 12.2. The van der Waals surface area contributed by atoms with Crippen molar-refractivity contribution in [1.29, 1.82) is 0 Å². The molecule has 0 aliphatic carbocycles. The van der Waals surface area contributed by atoms with E-state index < -0.39 is 0 Å². The summed E-state index contributed by atoms with van der Waals surface area (Å²) < 4.78 is 16.3. The summed E-state index contributed by atoms with van der Waals surface area (Å²) >= 11 is 0. The molecule has 2 aromatic carbocycles. The van der Waals surface area contributed by atoms with Gasteiger partial charge in [0.2, 0.25) is 5.75 Å². The van der Waals surface area contributed by atoms with Crippen molar-refractivity contribution in [3.8, 4) is 17.2 Å². The summed E-state index contributed by atoms with van der Waals surface area (Å²) in [4.78, 5) is 0. The van der Waals surface area contributed by atoms with Crippen LogP contribution in [0.3, 0.4) is 0 Å². The van der Waals surface area contributed by atoms with Crippen molar-refractivity contribution >= 4 is 6.08 Å². The Morgan fingerprint density at radius 2 is 1.64 bits per heavy atom. The second-order valence-corrected chi connectivity index (χ2v) is 5.82. The van der Waals surface area contributed by atoms with Crippen molar-refractivity contribution in [3.63, 3.8) is 0 Å². The Labute approximate surface area is 150 Å². The van der Waals surface area contributed by atoms with E-state index in [0.717, 1.165) is 30.8 Å². The van der Waals surface area contributed by atoms with Gasteiger partial charge in [-0.1, -0.05) is 48.0 Å². The van der Waals surface area contributed by atoms with Crippen LogP contribution in [0.4, 0.5) is 0 Å². The molecule has 0 saturated heterocycles. The maximum atomic E-state index is 5.52. The number of methoxy groups -OCH3 is 3. The lowest BCUT2D eigenvalue weighted by molar-refractivity contribution is 0.322. The Bertz CT molecular complexity index is 696. The zero-order chi connectivity index (χ0) is 18.1. The molecule has 0 saturated carbocycles. The van der Waals surface area contributed by atoms with Crippen LogP contribution in [-0.2, 0) is 6.42 Å². The van der Waals surface area contributed by atoms with Crippen molar-refractivity contribution in [2.24, 2.45) is 0 Å². The maximum absolute atomic E-state index is 5.52. The van der Waals surface area contributed by atoms with Crippen LogP contribution in [0.25, 0.3) is 6.08 Å². The van der Waals surface area contributed by atoms with E-state index in [1.165, 1.54) is 11.1 Å². The van der Waals surface area contributed by atoms with E-state index in [0.29, 0.717) is 11.5 Å². The molecule has 0 bridgehead atoms. The molecule has 0 aliphatic rings. The SMILES string of the molecule is COc1ccc(CCNC/C(C)=C/c2ccccc2)c(OC)c1OC. The van der Waals surface area contributed by atoms with E-state index in [1.54, 1.807) is 21.3 Å². The van der Waals surface area contributed by atoms with Crippen LogP contribution in [0, 0.1) is 0 Å². The molecule has 134 valence electrons. The van der Waals surface area contributed by atoms with Crippen LogP contribution in [0.1, 0.15) is 18.1 Å². The number of benzene rings is 2. The van der Waals surface area contributed by atoms with Crippen molar-refractivity contribution in [2.75, 3.05) is 34.4 Å². The van der Waals surface area contributed by atoms with E-state index in [-0.39, 0.29) is 0 Å². The molecule has 0 heterocycles. The number of rotatable bonds is 9. The normalized spacial score (nSPS) is 11.3. The predicted molar refractivity (Wildman–Crippen MR) is 103 cm³/mol. The largest absolute Gasteiger partial charge is 0.493 e. The van der Waals surface area contributed by atoms with Gasteiger partial charge in [0, 0.05) is 6.54 Å². The quantitative estimate of drug-likeness (QED) is 0.701. The third-order valence-corrected chi connectivity index (χ3v) is 3.97. The van der Waals surface area contributed by atoms with Crippen molar-refractivity contribution in [2.45, 2.75) is 13.3 Å². The fraction of sp³-hybridized carbons (Fsp3) is 0.333. The average Bonchev–Trinajstić information content (AvgIpc) is 2.65. The zero-order valence-electron chi connectivity index (χ0n) is 15.5. The Morgan fingerprint density at radius 1 is 0.920 bits per heavy atom. The van der Waals surface area contributed by atoms with Crippen LogP contribution >= 0.6 is 0 Å². The van der Waals surface area contributed by atoms with Gasteiger partial charge in [-0.2, -0.15) is 0 Å². The van der Waals surface area contributed by atoms with Gasteiger partial charge in [0.25, 0.3) is 0 Å². The summed E-state index contributed by atoms with van der Waals surface area (Å²) in [6.07, 6.45) is 3.05. The molecule has 1 N–H and O–H groups in total. The molecule has 0 aliphatic heterocycles. The van der Waals surface area contributed by atoms with Gasteiger partial charge in [-0.15, -0.1) is 0 Å². The molecule has 0 aromatic heterocycles. The van der Waals surface area contributed by atoms with Crippen molar-refractivity contribution in [1.82, 2.24) is 5.32 Å². The van der Waals surface area contributed by atoms with Crippen LogP contribution < -0.4 is 19.5 Å². The highest BCUT2D eigenvalue weighted by molar-refractivity contribution is 5.56. The minimum Gasteiger partial charge on any atom is -0.493 e.